The average molecular weight is 420 g/mol. The minimum atomic E-state index is -0.191. The minimum absolute atomic E-state index is 0.191. The van der Waals surface area contributed by atoms with E-state index in [1.54, 1.807) is 12.1 Å². The van der Waals surface area contributed by atoms with Gasteiger partial charge in [0.25, 0.3) is 5.91 Å². The standard InChI is InChI=1S/C23H22ClN5O/c1-15-20(16(2)29(28-15)14-17-6-4-3-5-7-17)12-25-23(30)21-13-26-27-22(21)18-8-10-19(24)11-9-18/h3-11,13H,12,14H2,1-2H3,(H,25,30)(H,26,27). The number of nitrogens with one attached hydrogen (secondary N) is 2. The fraction of sp³-hybridized carbons (Fsp3) is 0.174. The van der Waals surface area contributed by atoms with Crippen molar-refractivity contribution >= 4 is 17.5 Å². The van der Waals surface area contributed by atoms with Crippen LogP contribution >= 0.6 is 11.6 Å². The summed E-state index contributed by atoms with van der Waals surface area (Å²) in [4.78, 5) is 12.8. The molecule has 2 N–H and O–H groups in total. The summed E-state index contributed by atoms with van der Waals surface area (Å²) in [5.41, 5.74) is 6.17. The Bertz CT molecular complexity index is 1160. The maximum atomic E-state index is 12.8. The van der Waals surface area contributed by atoms with Crippen molar-refractivity contribution in [3.63, 3.8) is 0 Å². The molecule has 0 aliphatic heterocycles. The van der Waals surface area contributed by atoms with Crippen molar-refractivity contribution in [3.05, 3.63) is 93.9 Å². The lowest BCUT2D eigenvalue weighted by atomic mass is 10.1. The number of hydrogen-bond donors (Lipinski definition) is 2. The second-order valence-corrected chi connectivity index (χ2v) is 7.58. The average Bonchev–Trinajstić information content (AvgIpc) is 3.33. The molecule has 30 heavy (non-hydrogen) atoms. The van der Waals surface area contributed by atoms with Gasteiger partial charge in [0.1, 0.15) is 0 Å². The number of amides is 1. The highest BCUT2D eigenvalue weighted by Gasteiger charge is 2.17. The molecule has 0 bridgehead atoms. The topological polar surface area (TPSA) is 75.6 Å². The Hall–Kier alpha value is -3.38. The lowest BCUT2D eigenvalue weighted by Crippen LogP contribution is -2.23. The number of aryl methyl sites for hydroxylation is 1. The van der Waals surface area contributed by atoms with Crippen LogP contribution in [0.1, 0.15) is 32.9 Å². The highest BCUT2D eigenvalue weighted by Crippen LogP contribution is 2.23. The second-order valence-electron chi connectivity index (χ2n) is 7.14. The molecule has 0 spiro atoms. The molecule has 1 amide bonds. The summed E-state index contributed by atoms with van der Waals surface area (Å²) < 4.78 is 1.98. The van der Waals surface area contributed by atoms with Crippen LogP contribution in [0.5, 0.6) is 0 Å². The molecule has 4 rings (SSSR count). The zero-order chi connectivity index (χ0) is 21.1. The first kappa shape index (κ1) is 19.9. The summed E-state index contributed by atoms with van der Waals surface area (Å²) in [5.74, 6) is -0.191. The summed E-state index contributed by atoms with van der Waals surface area (Å²) in [6, 6.07) is 17.5. The summed E-state index contributed by atoms with van der Waals surface area (Å²) in [6.45, 7) is 5.09. The van der Waals surface area contributed by atoms with Crippen LogP contribution in [0, 0.1) is 13.8 Å². The van der Waals surface area contributed by atoms with Crippen LogP contribution in [0.15, 0.2) is 60.8 Å². The van der Waals surface area contributed by atoms with E-state index in [2.05, 4.69) is 32.7 Å². The molecule has 2 heterocycles. The van der Waals surface area contributed by atoms with Crippen molar-refractivity contribution in [2.24, 2.45) is 0 Å². The van der Waals surface area contributed by atoms with Crippen molar-refractivity contribution in [1.29, 1.82) is 0 Å². The van der Waals surface area contributed by atoms with Crippen LogP contribution in [0.2, 0.25) is 5.02 Å². The summed E-state index contributed by atoms with van der Waals surface area (Å²) in [6.07, 6.45) is 1.54. The van der Waals surface area contributed by atoms with E-state index in [9.17, 15) is 4.79 Å². The van der Waals surface area contributed by atoms with Gasteiger partial charge in [0.05, 0.1) is 29.7 Å². The Kier molecular flexibility index (Phi) is 5.68. The van der Waals surface area contributed by atoms with Gasteiger partial charge in [0.15, 0.2) is 0 Å². The molecular formula is C23H22ClN5O. The van der Waals surface area contributed by atoms with E-state index in [1.165, 1.54) is 11.8 Å². The third kappa shape index (κ3) is 4.14. The number of hydrogen-bond acceptors (Lipinski definition) is 3. The molecule has 0 aliphatic carbocycles. The number of nitrogens with zero attached hydrogens (tertiary/aromatic N) is 3. The molecule has 0 aliphatic rings. The molecule has 7 heteroatoms. The normalized spacial score (nSPS) is 10.9. The largest absolute Gasteiger partial charge is 0.348 e. The monoisotopic (exact) mass is 419 g/mol. The summed E-state index contributed by atoms with van der Waals surface area (Å²) in [5, 5.41) is 15.3. The molecule has 2 aromatic carbocycles. The van der Waals surface area contributed by atoms with Crippen LogP contribution < -0.4 is 5.32 Å². The molecule has 0 radical (unpaired) electrons. The predicted molar refractivity (Wildman–Crippen MR) is 117 cm³/mol. The Morgan fingerprint density at radius 2 is 1.83 bits per heavy atom. The van der Waals surface area contributed by atoms with E-state index in [0.717, 1.165) is 22.5 Å². The van der Waals surface area contributed by atoms with E-state index < -0.39 is 0 Å². The van der Waals surface area contributed by atoms with Crippen LogP contribution in [0.4, 0.5) is 0 Å². The van der Waals surface area contributed by atoms with Gasteiger partial charge < -0.3 is 5.32 Å². The number of H-pyrrole nitrogens is 1. The Labute approximate surface area is 179 Å². The van der Waals surface area contributed by atoms with Crippen molar-refractivity contribution in [3.8, 4) is 11.3 Å². The Morgan fingerprint density at radius 3 is 2.57 bits per heavy atom. The van der Waals surface area contributed by atoms with Crippen molar-refractivity contribution < 1.29 is 4.79 Å². The third-order valence-corrected chi connectivity index (χ3v) is 5.40. The maximum Gasteiger partial charge on any atom is 0.255 e. The van der Waals surface area contributed by atoms with E-state index in [0.29, 0.717) is 29.4 Å². The molecule has 6 nitrogen and oxygen atoms in total. The first-order valence-electron chi connectivity index (χ1n) is 9.67. The highest BCUT2D eigenvalue weighted by molar-refractivity contribution is 6.30. The number of benzene rings is 2. The molecule has 0 saturated heterocycles. The fourth-order valence-electron chi connectivity index (χ4n) is 3.46. The van der Waals surface area contributed by atoms with Gasteiger partial charge in [-0.2, -0.15) is 10.2 Å². The van der Waals surface area contributed by atoms with Gasteiger partial charge in [-0.15, -0.1) is 0 Å². The number of rotatable bonds is 6. The first-order chi connectivity index (χ1) is 14.5. The van der Waals surface area contributed by atoms with Gasteiger partial charge in [-0.05, 0) is 31.5 Å². The number of aromatic nitrogens is 4. The molecule has 0 unspecified atom stereocenters. The predicted octanol–water partition coefficient (Wildman–Crippen LogP) is 4.52. The van der Waals surface area contributed by atoms with Gasteiger partial charge >= 0.3 is 0 Å². The Morgan fingerprint density at radius 1 is 1.10 bits per heavy atom. The van der Waals surface area contributed by atoms with Gasteiger partial charge in [-0.3, -0.25) is 14.6 Å². The number of halogens is 1. The van der Waals surface area contributed by atoms with Crippen molar-refractivity contribution in [1.82, 2.24) is 25.3 Å². The third-order valence-electron chi connectivity index (χ3n) is 5.15. The zero-order valence-electron chi connectivity index (χ0n) is 16.8. The molecular weight excluding hydrogens is 398 g/mol. The maximum absolute atomic E-state index is 12.8. The SMILES string of the molecule is Cc1nn(Cc2ccccc2)c(C)c1CNC(=O)c1cn[nH]c1-c1ccc(Cl)cc1. The molecule has 0 saturated carbocycles. The molecule has 0 fully saturated rings. The van der Waals surface area contributed by atoms with Crippen molar-refractivity contribution in [2.75, 3.05) is 0 Å². The first-order valence-corrected chi connectivity index (χ1v) is 10.0. The van der Waals surface area contributed by atoms with Crippen LogP contribution in [-0.2, 0) is 13.1 Å². The summed E-state index contributed by atoms with van der Waals surface area (Å²) >= 11 is 5.96. The zero-order valence-corrected chi connectivity index (χ0v) is 17.6. The van der Waals surface area contributed by atoms with Gasteiger partial charge in [-0.1, -0.05) is 54.1 Å². The second kappa shape index (κ2) is 8.55. The van der Waals surface area contributed by atoms with E-state index in [-0.39, 0.29) is 5.91 Å². The van der Waals surface area contributed by atoms with Gasteiger partial charge in [0, 0.05) is 28.4 Å². The van der Waals surface area contributed by atoms with E-state index >= 15 is 0 Å². The minimum Gasteiger partial charge on any atom is -0.348 e. The number of carbonyl (C=O) groups is 1. The molecule has 0 atom stereocenters. The number of carbonyl (C=O) groups excluding carboxylic acids is 1. The van der Waals surface area contributed by atoms with E-state index in [1.807, 2.05) is 48.9 Å². The Balaban J connectivity index is 1.49. The molecule has 152 valence electrons. The summed E-state index contributed by atoms with van der Waals surface area (Å²) in [7, 11) is 0. The van der Waals surface area contributed by atoms with Crippen LogP contribution in [0.25, 0.3) is 11.3 Å². The lowest BCUT2D eigenvalue weighted by molar-refractivity contribution is 0.0951. The van der Waals surface area contributed by atoms with Crippen molar-refractivity contribution in [2.45, 2.75) is 26.9 Å². The van der Waals surface area contributed by atoms with E-state index in [4.69, 9.17) is 11.6 Å². The van der Waals surface area contributed by atoms with Gasteiger partial charge in [0.2, 0.25) is 0 Å². The lowest BCUT2D eigenvalue weighted by Gasteiger charge is -2.08. The van der Waals surface area contributed by atoms with Crippen LogP contribution in [-0.4, -0.2) is 25.9 Å². The fourth-order valence-corrected chi connectivity index (χ4v) is 3.58. The quantitative estimate of drug-likeness (QED) is 0.482. The molecule has 2 aromatic heterocycles. The molecule has 4 aromatic rings. The van der Waals surface area contributed by atoms with Gasteiger partial charge in [-0.25, -0.2) is 0 Å². The smallest absolute Gasteiger partial charge is 0.255 e. The number of aromatic amines is 1. The van der Waals surface area contributed by atoms with Crippen LogP contribution in [0.3, 0.4) is 0 Å². The highest BCUT2D eigenvalue weighted by atomic mass is 35.5.